The van der Waals surface area contributed by atoms with Crippen LogP contribution in [0.15, 0.2) is 29.2 Å². The Labute approximate surface area is 145 Å². The number of rotatable bonds is 5. The van der Waals surface area contributed by atoms with Crippen molar-refractivity contribution in [1.82, 2.24) is 9.38 Å². The van der Waals surface area contributed by atoms with E-state index in [4.69, 9.17) is 4.74 Å². The normalized spacial score (nSPS) is 21.8. The summed E-state index contributed by atoms with van der Waals surface area (Å²) in [5, 5.41) is 11.5. The van der Waals surface area contributed by atoms with Crippen LogP contribution in [0.25, 0.3) is 5.65 Å². The maximum atomic E-state index is 12.6. The molecule has 0 aromatic carbocycles. The van der Waals surface area contributed by atoms with E-state index in [1.54, 1.807) is 30.1 Å². The molecule has 8 heteroatoms. The van der Waals surface area contributed by atoms with Crippen molar-refractivity contribution >= 4 is 17.2 Å². The van der Waals surface area contributed by atoms with Crippen LogP contribution in [0, 0.1) is 15.5 Å². The minimum Gasteiger partial charge on any atom is -0.378 e. The average molecular weight is 346 g/mol. The van der Waals surface area contributed by atoms with Gasteiger partial charge in [0.2, 0.25) is 5.82 Å². The lowest BCUT2D eigenvalue weighted by molar-refractivity contribution is -0.385. The first kappa shape index (κ1) is 17.3. The standard InChI is InChI=1S/C17H22N4O4/c1-5-25-12-10-11(17(12,2)3)19(4)15-14(21(23)24)16(22)20-9-7-6-8-13(20)18-15/h6-9,11-12H,5,10H2,1-4H3. The van der Waals surface area contributed by atoms with Gasteiger partial charge in [-0.05, 0) is 25.5 Å². The highest BCUT2D eigenvalue weighted by molar-refractivity contribution is 5.62. The van der Waals surface area contributed by atoms with Crippen LogP contribution in [0.4, 0.5) is 11.5 Å². The number of nitrogens with zero attached hydrogens (tertiary/aromatic N) is 4. The summed E-state index contributed by atoms with van der Waals surface area (Å²) in [6, 6.07) is 5.05. The second kappa shape index (κ2) is 6.11. The summed E-state index contributed by atoms with van der Waals surface area (Å²) in [5.74, 6) is 0.106. The summed E-state index contributed by atoms with van der Waals surface area (Å²) in [4.78, 5) is 29.6. The van der Waals surface area contributed by atoms with Gasteiger partial charge in [-0.25, -0.2) is 4.98 Å². The van der Waals surface area contributed by atoms with Gasteiger partial charge in [0.1, 0.15) is 5.65 Å². The molecule has 2 aromatic heterocycles. The van der Waals surface area contributed by atoms with Gasteiger partial charge in [0.05, 0.1) is 11.0 Å². The smallest absolute Gasteiger partial charge is 0.376 e. The van der Waals surface area contributed by atoms with Crippen LogP contribution in [-0.4, -0.2) is 40.1 Å². The molecule has 3 rings (SSSR count). The molecule has 0 aliphatic heterocycles. The van der Waals surface area contributed by atoms with Gasteiger partial charge in [0, 0.05) is 31.3 Å². The molecule has 2 unspecified atom stereocenters. The second-order valence-electron chi connectivity index (χ2n) is 6.90. The largest absolute Gasteiger partial charge is 0.378 e. The fraction of sp³-hybridized carbons (Fsp3) is 0.529. The lowest BCUT2D eigenvalue weighted by Gasteiger charge is -2.54. The van der Waals surface area contributed by atoms with Gasteiger partial charge in [-0.1, -0.05) is 19.9 Å². The average Bonchev–Trinajstić information content (AvgIpc) is 2.57. The first-order chi connectivity index (χ1) is 11.8. The van der Waals surface area contributed by atoms with E-state index in [1.165, 1.54) is 10.6 Å². The summed E-state index contributed by atoms with van der Waals surface area (Å²) in [7, 11) is 1.75. The van der Waals surface area contributed by atoms with Gasteiger partial charge >= 0.3 is 11.2 Å². The Morgan fingerprint density at radius 1 is 1.48 bits per heavy atom. The summed E-state index contributed by atoms with van der Waals surface area (Å²) in [5.41, 5.74) is -0.974. The molecule has 25 heavy (non-hydrogen) atoms. The first-order valence-electron chi connectivity index (χ1n) is 8.29. The highest BCUT2D eigenvalue weighted by atomic mass is 16.6. The fourth-order valence-corrected chi connectivity index (χ4v) is 3.63. The third-order valence-corrected chi connectivity index (χ3v) is 5.17. The third-order valence-electron chi connectivity index (χ3n) is 5.17. The van der Waals surface area contributed by atoms with E-state index in [-0.39, 0.29) is 23.4 Å². The monoisotopic (exact) mass is 346 g/mol. The molecular weight excluding hydrogens is 324 g/mol. The van der Waals surface area contributed by atoms with Crippen LogP contribution in [-0.2, 0) is 4.74 Å². The molecule has 2 heterocycles. The van der Waals surface area contributed by atoms with Crippen molar-refractivity contribution in [1.29, 1.82) is 0 Å². The molecule has 2 atom stereocenters. The predicted molar refractivity (Wildman–Crippen MR) is 94.1 cm³/mol. The molecule has 1 aliphatic rings. The zero-order valence-electron chi connectivity index (χ0n) is 14.8. The van der Waals surface area contributed by atoms with Crippen LogP contribution in [0.5, 0.6) is 0 Å². The Bertz CT molecular complexity index is 877. The minimum absolute atomic E-state index is 0.000752. The topological polar surface area (TPSA) is 90.0 Å². The van der Waals surface area contributed by atoms with Crippen molar-refractivity contribution in [2.75, 3.05) is 18.6 Å². The molecule has 1 aliphatic carbocycles. The number of hydrogen-bond donors (Lipinski definition) is 0. The zero-order chi connectivity index (χ0) is 18.4. The Balaban J connectivity index is 2.08. The lowest BCUT2D eigenvalue weighted by Crippen LogP contribution is -2.61. The molecule has 0 N–H and O–H groups in total. The Morgan fingerprint density at radius 3 is 2.80 bits per heavy atom. The molecule has 0 spiro atoms. The molecule has 1 saturated carbocycles. The predicted octanol–water partition coefficient (Wildman–Crippen LogP) is 2.24. The second-order valence-corrected chi connectivity index (χ2v) is 6.90. The van der Waals surface area contributed by atoms with Gasteiger partial charge < -0.3 is 9.64 Å². The highest BCUT2D eigenvalue weighted by Gasteiger charge is 2.52. The maximum Gasteiger partial charge on any atom is 0.376 e. The van der Waals surface area contributed by atoms with E-state index in [2.05, 4.69) is 18.8 Å². The van der Waals surface area contributed by atoms with Gasteiger partial charge in [-0.2, -0.15) is 0 Å². The van der Waals surface area contributed by atoms with E-state index in [9.17, 15) is 14.9 Å². The van der Waals surface area contributed by atoms with Crippen molar-refractivity contribution in [2.24, 2.45) is 5.41 Å². The minimum atomic E-state index is -0.670. The quantitative estimate of drug-likeness (QED) is 0.609. The number of hydrogen-bond acceptors (Lipinski definition) is 6. The van der Waals surface area contributed by atoms with E-state index in [0.29, 0.717) is 12.3 Å². The molecule has 134 valence electrons. The van der Waals surface area contributed by atoms with Crippen LogP contribution in [0.2, 0.25) is 0 Å². The Morgan fingerprint density at radius 2 is 2.20 bits per heavy atom. The maximum absolute atomic E-state index is 12.6. The third kappa shape index (κ3) is 2.66. The number of ether oxygens (including phenoxy) is 1. The van der Waals surface area contributed by atoms with Gasteiger partial charge in [0.25, 0.3) is 0 Å². The number of fused-ring (bicyclic) bond motifs is 1. The van der Waals surface area contributed by atoms with E-state index in [1.807, 2.05) is 6.92 Å². The Kier molecular flexibility index (Phi) is 4.24. The van der Waals surface area contributed by atoms with Gasteiger partial charge in [-0.15, -0.1) is 0 Å². The fourth-order valence-electron chi connectivity index (χ4n) is 3.63. The summed E-state index contributed by atoms with van der Waals surface area (Å²) < 4.78 is 6.93. The van der Waals surface area contributed by atoms with Crippen LogP contribution in [0.3, 0.4) is 0 Å². The van der Waals surface area contributed by atoms with Gasteiger partial charge in [-0.3, -0.25) is 19.3 Å². The molecule has 1 fully saturated rings. The van der Waals surface area contributed by atoms with E-state index in [0.717, 1.165) is 6.42 Å². The van der Waals surface area contributed by atoms with Crippen molar-refractivity contribution in [3.05, 3.63) is 44.9 Å². The van der Waals surface area contributed by atoms with Crippen molar-refractivity contribution in [2.45, 2.75) is 39.3 Å². The van der Waals surface area contributed by atoms with Crippen LogP contribution < -0.4 is 10.5 Å². The molecule has 0 radical (unpaired) electrons. The van der Waals surface area contributed by atoms with Gasteiger partial charge in [0.15, 0.2) is 0 Å². The van der Waals surface area contributed by atoms with Crippen molar-refractivity contribution in [3.63, 3.8) is 0 Å². The van der Waals surface area contributed by atoms with Crippen molar-refractivity contribution in [3.8, 4) is 0 Å². The van der Waals surface area contributed by atoms with Crippen molar-refractivity contribution < 1.29 is 9.66 Å². The molecule has 8 nitrogen and oxygen atoms in total. The molecular formula is C17H22N4O4. The summed E-state index contributed by atoms with van der Waals surface area (Å²) in [6.45, 7) is 6.71. The van der Waals surface area contributed by atoms with Crippen LogP contribution in [0.1, 0.15) is 27.2 Å². The SMILES string of the molecule is CCOC1CC(N(C)c2nc3ccccn3c(=O)c2[N+](=O)[O-])C1(C)C. The number of anilines is 1. The summed E-state index contributed by atoms with van der Waals surface area (Å²) >= 11 is 0. The lowest BCUT2D eigenvalue weighted by atomic mass is 9.64. The highest BCUT2D eigenvalue weighted by Crippen LogP contribution is 2.47. The number of aromatic nitrogens is 2. The Hall–Kier alpha value is -2.48. The zero-order valence-corrected chi connectivity index (χ0v) is 14.8. The molecule has 0 bridgehead atoms. The molecule has 0 saturated heterocycles. The number of pyridine rings is 1. The summed E-state index contributed by atoms with van der Waals surface area (Å²) in [6.07, 6.45) is 2.31. The molecule has 0 amide bonds. The van der Waals surface area contributed by atoms with Crippen LogP contribution >= 0.6 is 0 Å². The molecule has 2 aromatic rings. The number of nitro groups is 1. The first-order valence-corrected chi connectivity index (χ1v) is 8.29. The van der Waals surface area contributed by atoms with E-state index < -0.39 is 16.2 Å². The van der Waals surface area contributed by atoms with E-state index >= 15 is 0 Å².